The van der Waals surface area contributed by atoms with E-state index in [4.69, 9.17) is 0 Å². The predicted molar refractivity (Wildman–Crippen MR) is 113 cm³/mol. The Morgan fingerprint density at radius 1 is 1.27 bits per heavy atom. The summed E-state index contributed by atoms with van der Waals surface area (Å²) in [6.07, 6.45) is 7.52. The molecule has 1 aromatic rings. The van der Waals surface area contributed by atoms with Crippen molar-refractivity contribution in [1.82, 2.24) is 4.90 Å². The average molecular weight is 350 g/mol. The number of rotatable bonds is 4. The first-order valence-electron chi connectivity index (χ1n) is 10.5. The van der Waals surface area contributed by atoms with Crippen LogP contribution in [0.5, 0.6) is 0 Å². The lowest BCUT2D eigenvalue weighted by Crippen LogP contribution is -2.36. The third kappa shape index (κ3) is 3.77. The zero-order chi connectivity index (χ0) is 18.7. The highest BCUT2D eigenvalue weighted by Crippen LogP contribution is 2.50. The van der Waals surface area contributed by atoms with Gasteiger partial charge in [-0.1, -0.05) is 50.3 Å². The Bertz CT molecular complexity index is 719. The van der Waals surface area contributed by atoms with Crippen molar-refractivity contribution >= 4 is 0 Å². The maximum atomic E-state index is 4.32. The van der Waals surface area contributed by atoms with Gasteiger partial charge in [0.05, 0.1) is 6.54 Å². The van der Waals surface area contributed by atoms with Gasteiger partial charge in [0.1, 0.15) is 0 Å². The molecule has 0 atom stereocenters. The minimum atomic E-state index is 0.227. The van der Waals surface area contributed by atoms with Gasteiger partial charge < -0.3 is 0 Å². The van der Waals surface area contributed by atoms with E-state index in [9.17, 15) is 0 Å². The lowest BCUT2D eigenvalue weighted by molar-refractivity contribution is 0.213. The molecule has 1 heteroatoms. The number of allylic oxidation sites excluding steroid dienone is 1. The van der Waals surface area contributed by atoms with Crippen LogP contribution in [0.15, 0.2) is 24.3 Å². The molecular weight excluding hydrogens is 314 g/mol. The first-order chi connectivity index (χ1) is 12.5. The highest BCUT2D eigenvalue weighted by atomic mass is 15.1. The Hall–Kier alpha value is -1.52. The molecule has 1 aliphatic carbocycles. The van der Waals surface area contributed by atoms with Crippen LogP contribution in [0.2, 0.25) is 0 Å². The van der Waals surface area contributed by atoms with Crippen LogP contribution in [-0.4, -0.2) is 24.5 Å². The van der Waals surface area contributed by atoms with Crippen LogP contribution in [0.3, 0.4) is 0 Å². The number of nitrogens with zero attached hydrogens (tertiary/aromatic N) is 1. The van der Waals surface area contributed by atoms with Crippen molar-refractivity contribution in [2.45, 2.75) is 71.6 Å². The van der Waals surface area contributed by atoms with Crippen molar-refractivity contribution < 1.29 is 0 Å². The van der Waals surface area contributed by atoms with Crippen LogP contribution in [0.25, 0.3) is 0 Å². The van der Waals surface area contributed by atoms with E-state index in [0.717, 1.165) is 18.9 Å². The molecule has 1 saturated heterocycles. The first-order valence-corrected chi connectivity index (χ1v) is 10.5. The summed E-state index contributed by atoms with van der Waals surface area (Å²) in [7, 11) is 0. The molecule has 26 heavy (non-hydrogen) atoms. The van der Waals surface area contributed by atoms with Crippen molar-refractivity contribution in [2.24, 2.45) is 5.92 Å². The average Bonchev–Trinajstić information content (AvgIpc) is 2.57. The molecule has 1 aromatic carbocycles. The fourth-order valence-corrected chi connectivity index (χ4v) is 4.60. The van der Waals surface area contributed by atoms with Crippen molar-refractivity contribution in [1.29, 1.82) is 0 Å². The fraction of sp³-hybridized carbons (Fsp3) is 0.600. The number of benzene rings is 1. The molecule has 2 aliphatic rings. The molecule has 0 amide bonds. The summed E-state index contributed by atoms with van der Waals surface area (Å²) in [6.45, 7) is 16.7. The van der Waals surface area contributed by atoms with Crippen LogP contribution in [-0.2, 0) is 11.8 Å². The molecule has 1 heterocycles. The molecule has 0 spiro atoms. The van der Waals surface area contributed by atoms with E-state index in [2.05, 4.69) is 63.1 Å². The Labute approximate surface area is 160 Å². The smallest absolute Gasteiger partial charge is 0.0605 e. The Morgan fingerprint density at radius 3 is 2.50 bits per heavy atom. The molecule has 0 aromatic heterocycles. The van der Waals surface area contributed by atoms with E-state index in [1.807, 2.05) is 0 Å². The molecule has 0 unspecified atom stereocenters. The number of aryl methyl sites for hydroxylation is 2. The van der Waals surface area contributed by atoms with E-state index < -0.39 is 0 Å². The van der Waals surface area contributed by atoms with Crippen molar-refractivity contribution in [3.05, 3.63) is 46.5 Å². The highest BCUT2D eigenvalue weighted by Gasteiger charge is 2.40. The Kier molecular flexibility index (Phi) is 5.93. The van der Waals surface area contributed by atoms with Gasteiger partial charge in [-0.25, -0.2) is 0 Å². The molecule has 1 aliphatic heterocycles. The third-order valence-corrected chi connectivity index (χ3v) is 6.77. The van der Waals surface area contributed by atoms with Gasteiger partial charge in [0.25, 0.3) is 0 Å². The number of likely N-dealkylation sites (tertiary alicyclic amines) is 1. The van der Waals surface area contributed by atoms with E-state index in [0.29, 0.717) is 0 Å². The number of hydrogen-bond acceptors (Lipinski definition) is 1. The molecular formula is C25H35N. The fourth-order valence-electron chi connectivity index (χ4n) is 4.60. The van der Waals surface area contributed by atoms with Crippen LogP contribution in [0, 0.1) is 24.7 Å². The van der Waals surface area contributed by atoms with Crippen LogP contribution < -0.4 is 0 Å². The van der Waals surface area contributed by atoms with Crippen LogP contribution in [0.4, 0.5) is 0 Å². The number of piperidine rings is 1. The zero-order valence-corrected chi connectivity index (χ0v) is 17.3. The van der Waals surface area contributed by atoms with Gasteiger partial charge in [-0.2, -0.15) is 0 Å². The normalized spacial score (nSPS) is 20.2. The summed E-state index contributed by atoms with van der Waals surface area (Å²) in [6, 6.07) is 4.78. The van der Waals surface area contributed by atoms with Gasteiger partial charge in [-0.3, -0.25) is 4.90 Å². The molecule has 140 valence electrons. The topological polar surface area (TPSA) is 3.24 Å². The van der Waals surface area contributed by atoms with Crippen LogP contribution in [0.1, 0.15) is 75.1 Å². The van der Waals surface area contributed by atoms with Gasteiger partial charge in [0.15, 0.2) is 0 Å². The molecule has 3 rings (SSSR count). The zero-order valence-electron chi connectivity index (χ0n) is 17.3. The van der Waals surface area contributed by atoms with E-state index >= 15 is 0 Å². The summed E-state index contributed by atoms with van der Waals surface area (Å²) in [5.74, 6) is 7.83. The predicted octanol–water partition coefficient (Wildman–Crippen LogP) is 5.64. The SMILES string of the molecule is C=C(C)C1(c2cc(CC)c(C#CCN3CCC(C)CC3)cc2C)CCC1. The van der Waals surface area contributed by atoms with E-state index in [-0.39, 0.29) is 5.41 Å². The molecule has 0 radical (unpaired) electrons. The van der Waals surface area contributed by atoms with E-state index in [1.165, 1.54) is 73.0 Å². The van der Waals surface area contributed by atoms with Crippen molar-refractivity contribution in [3.63, 3.8) is 0 Å². The maximum Gasteiger partial charge on any atom is 0.0605 e. The lowest BCUT2D eigenvalue weighted by atomic mass is 9.59. The molecule has 0 N–H and O–H groups in total. The molecule has 1 nitrogen and oxygen atoms in total. The molecule has 2 fully saturated rings. The Morgan fingerprint density at radius 2 is 1.96 bits per heavy atom. The molecule has 1 saturated carbocycles. The monoisotopic (exact) mass is 349 g/mol. The van der Waals surface area contributed by atoms with Crippen LogP contribution >= 0.6 is 0 Å². The summed E-state index contributed by atoms with van der Waals surface area (Å²) in [5.41, 5.74) is 7.08. The van der Waals surface area contributed by atoms with Gasteiger partial charge in [-0.15, -0.1) is 0 Å². The lowest BCUT2D eigenvalue weighted by Gasteiger charge is -2.44. The second-order valence-corrected chi connectivity index (χ2v) is 8.65. The van der Waals surface area contributed by atoms with E-state index in [1.54, 1.807) is 0 Å². The summed E-state index contributed by atoms with van der Waals surface area (Å²) < 4.78 is 0. The first kappa shape index (κ1) is 19.2. The second-order valence-electron chi connectivity index (χ2n) is 8.65. The second kappa shape index (κ2) is 8.01. The third-order valence-electron chi connectivity index (χ3n) is 6.77. The highest BCUT2D eigenvalue weighted by molar-refractivity contribution is 5.52. The minimum absolute atomic E-state index is 0.227. The quantitative estimate of drug-likeness (QED) is 0.502. The summed E-state index contributed by atoms with van der Waals surface area (Å²) >= 11 is 0. The van der Waals surface area contributed by atoms with Gasteiger partial charge >= 0.3 is 0 Å². The Balaban J connectivity index is 1.80. The standard InChI is InChI=1S/C25H35N/c1-6-22-18-24(25(19(2)3)12-8-13-25)21(5)17-23(22)9-7-14-26-15-10-20(4)11-16-26/h17-18,20H,2,6,8,10-16H2,1,3-5H3. The van der Waals surface area contributed by atoms with Crippen molar-refractivity contribution in [2.75, 3.05) is 19.6 Å². The minimum Gasteiger partial charge on any atom is -0.292 e. The van der Waals surface area contributed by atoms with Gasteiger partial charge in [0.2, 0.25) is 0 Å². The largest absolute Gasteiger partial charge is 0.292 e. The van der Waals surface area contributed by atoms with Gasteiger partial charge in [-0.05, 0) is 87.7 Å². The summed E-state index contributed by atoms with van der Waals surface area (Å²) in [5, 5.41) is 0. The number of hydrogen-bond donors (Lipinski definition) is 0. The van der Waals surface area contributed by atoms with Crippen molar-refractivity contribution in [3.8, 4) is 11.8 Å². The summed E-state index contributed by atoms with van der Waals surface area (Å²) in [4.78, 5) is 2.50. The van der Waals surface area contributed by atoms with Gasteiger partial charge in [0, 0.05) is 11.0 Å². The molecule has 0 bridgehead atoms. The maximum absolute atomic E-state index is 4.32.